The Bertz CT molecular complexity index is 843. The van der Waals surface area contributed by atoms with Crippen LogP contribution in [0.25, 0.3) is 0 Å². The first kappa shape index (κ1) is 20.6. The Morgan fingerprint density at radius 2 is 1.85 bits per heavy atom. The second kappa shape index (κ2) is 9.32. The minimum Gasteiger partial charge on any atom is -0.482 e. The summed E-state index contributed by atoms with van der Waals surface area (Å²) in [6, 6.07) is 8.98. The van der Waals surface area contributed by atoms with Crippen LogP contribution in [0.2, 0.25) is 0 Å². The molecule has 1 heterocycles. The number of carbonyl (C=O) groups excluding carboxylic acids is 3. The van der Waals surface area contributed by atoms with Crippen LogP contribution < -0.4 is 10.1 Å². The van der Waals surface area contributed by atoms with E-state index < -0.39 is 12.1 Å². The molecular formula is C20H23NO5S. The molecule has 0 bridgehead atoms. The number of nitrogens with one attached hydrogen (secondary N) is 1. The van der Waals surface area contributed by atoms with Crippen LogP contribution in [-0.4, -0.2) is 30.4 Å². The fourth-order valence-corrected chi connectivity index (χ4v) is 3.21. The summed E-state index contributed by atoms with van der Waals surface area (Å²) in [6.45, 7) is 7.02. The largest absolute Gasteiger partial charge is 0.482 e. The molecular weight excluding hydrogens is 366 g/mol. The lowest BCUT2D eigenvalue weighted by atomic mass is 10.1. The van der Waals surface area contributed by atoms with Gasteiger partial charge < -0.3 is 14.8 Å². The first-order valence-electron chi connectivity index (χ1n) is 8.53. The molecule has 0 saturated carbocycles. The highest BCUT2D eigenvalue weighted by Crippen LogP contribution is 2.19. The number of hydrogen-bond acceptors (Lipinski definition) is 6. The number of Topliss-reactive ketones (excluding diaryl/α,β-unsaturated/α-hetero) is 1. The van der Waals surface area contributed by atoms with Crippen molar-refractivity contribution in [2.75, 3.05) is 6.61 Å². The van der Waals surface area contributed by atoms with E-state index in [1.165, 1.54) is 25.2 Å². The normalized spacial score (nSPS) is 11.6. The van der Waals surface area contributed by atoms with Crippen LogP contribution in [0.4, 0.5) is 0 Å². The number of ketones is 1. The molecule has 27 heavy (non-hydrogen) atoms. The van der Waals surface area contributed by atoms with Crippen LogP contribution in [0.1, 0.15) is 39.5 Å². The van der Waals surface area contributed by atoms with Crippen molar-refractivity contribution in [3.05, 3.63) is 51.2 Å². The van der Waals surface area contributed by atoms with E-state index in [1.807, 2.05) is 26.0 Å². The molecule has 2 rings (SSSR count). The highest BCUT2D eigenvalue weighted by Gasteiger charge is 2.21. The first-order valence-corrected chi connectivity index (χ1v) is 9.35. The third-order valence-corrected chi connectivity index (χ3v) is 5.03. The van der Waals surface area contributed by atoms with Crippen molar-refractivity contribution in [2.24, 2.45) is 0 Å². The van der Waals surface area contributed by atoms with E-state index in [-0.39, 0.29) is 18.3 Å². The summed E-state index contributed by atoms with van der Waals surface area (Å²) in [6.07, 6.45) is -0.909. The maximum Gasteiger partial charge on any atom is 0.344 e. The van der Waals surface area contributed by atoms with E-state index in [9.17, 15) is 14.4 Å². The van der Waals surface area contributed by atoms with E-state index in [0.29, 0.717) is 17.2 Å². The Kier molecular flexibility index (Phi) is 7.12. The number of carbonyl (C=O) groups is 3. The number of aryl methyl sites for hydroxylation is 2. The molecule has 0 radical (unpaired) electrons. The summed E-state index contributed by atoms with van der Waals surface area (Å²) in [5.41, 5.74) is 2.20. The lowest BCUT2D eigenvalue weighted by Crippen LogP contribution is -2.26. The third kappa shape index (κ3) is 6.21. The van der Waals surface area contributed by atoms with Gasteiger partial charge in [-0.2, -0.15) is 0 Å². The Labute approximate surface area is 162 Å². The van der Waals surface area contributed by atoms with E-state index in [0.717, 1.165) is 16.0 Å². The van der Waals surface area contributed by atoms with Crippen LogP contribution in [0.15, 0.2) is 30.3 Å². The number of amides is 1. The summed E-state index contributed by atoms with van der Waals surface area (Å²) >= 11 is 1.26. The predicted octanol–water partition coefficient (Wildman–Crippen LogP) is 3.19. The minimum absolute atomic E-state index is 0.137. The van der Waals surface area contributed by atoms with Crippen molar-refractivity contribution in [2.45, 2.75) is 40.3 Å². The molecule has 0 spiro atoms. The van der Waals surface area contributed by atoms with Crippen molar-refractivity contribution >= 4 is 29.0 Å². The minimum atomic E-state index is -0.909. The van der Waals surface area contributed by atoms with Gasteiger partial charge in [-0.15, -0.1) is 11.3 Å². The van der Waals surface area contributed by atoms with Gasteiger partial charge in [-0.25, -0.2) is 4.79 Å². The number of thiophene rings is 1. The SMILES string of the molecule is CC(=O)NCc1ccc(C(=O)C(C)OC(=O)COc2ccc(C)c(C)c2)s1. The molecule has 0 saturated heterocycles. The van der Waals surface area contributed by atoms with Crippen molar-refractivity contribution in [1.29, 1.82) is 0 Å². The van der Waals surface area contributed by atoms with Crippen molar-refractivity contribution in [1.82, 2.24) is 5.32 Å². The average Bonchev–Trinajstić information content (AvgIpc) is 3.09. The molecule has 6 nitrogen and oxygen atoms in total. The van der Waals surface area contributed by atoms with Crippen LogP contribution in [0.5, 0.6) is 5.75 Å². The molecule has 1 unspecified atom stereocenters. The quantitative estimate of drug-likeness (QED) is 0.554. The number of hydrogen-bond donors (Lipinski definition) is 1. The second-order valence-corrected chi connectivity index (χ2v) is 7.38. The number of ether oxygens (including phenoxy) is 2. The molecule has 1 aromatic heterocycles. The summed E-state index contributed by atoms with van der Waals surface area (Å²) in [5, 5.41) is 2.67. The monoisotopic (exact) mass is 389 g/mol. The fourth-order valence-electron chi connectivity index (χ4n) is 2.25. The van der Waals surface area contributed by atoms with Crippen molar-refractivity contribution in [3.63, 3.8) is 0 Å². The summed E-state index contributed by atoms with van der Waals surface area (Å²) in [5.74, 6) is -0.449. The Hall–Kier alpha value is -2.67. The standard InChI is InChI=1S/C20H23NO5S/c1-12-5-6-16(9-13(12)2)25-11-19(23)26-14(3)20(24)18-8-7-17(27-18)10-21-15(4)22/h5-9,14H,10-11H2,1-4H3,(H,21,22). The lowest BCUT2D eigenvalue weighted by Gasteiger charge is -2.12. The Balaban J connectivity index is 1.85. The molecule has 0 aliphatic heterocycles. The van der Waals surface area contributed by atoms with Gasteiger partial charge in [0.25, 0.3) is 0 Å². The van der Waals surface area contributed by atoms with E-state index in [2.05, 4.69) is 5.32 Å². The van der Waals surface area contributed by atoms with Gasteiger partial charge >= 0.3 is 5.97 Å². The maximum absolute atomic E-state index is 12.4. The lowest BCUT2D eigenvalue weighted by molar-refractivity contribution is -0.148. The highest BCUT2D eigenvalue weighted by atomic mass is 32.1. The van der Waals surface area contributed by atoms with Crippen LogP contribution in [-0.2, 0) is 20.9 Å². The molecule has 0 fully saturated rings. The predicted molar refractivity (Wildman–Crippen MR) is 103 cm³/mol. The van der Waals surface area contributed by atoms with Crippen molar-refractivity contribution < 1.29 is 23.9 Å². The van der Waals surface area contributed by atoms with Gasteiger partial charge in [-0.05, 0) is 56.2 Å². The Morgan fingerprint density at radius 3 is 2.52 bits per heavy atom. The van der Waals surface area contributed by atoms with Gasteiger partial charge in [0, 0.05) is 11.8 Å². The van der Waals surface area contributed by atoms with Gasteiger partial charge in [0.05, 0.1) is 11.4 Å². The molecule has 1 atom stereocenters. The molecule has 1 amide bonds. The molecule has 7 heteroatoms. The second-order valence-electron chi connectivity index (χ2n) is 6.21. The van der Waals surface area contributed by atoms with E-state index in [1.54, 1.807) is 18.2 Å². The summed E-state index contributed by atoms with van der Waals surface area (Å²) in [7, 11) is 0. The smallest absolute Gasteiger partial charge is 0.344 e. The zero-order valence-corrected chi connectivity index (χ0v) is 16.6. The van der Waals surface area contributed by atoms with E-state index in [4.69, 9.17) is 9.47 Å². The van der Waals surface area contributed by atoms with Crippen molar-refractivity contribution in [3.8, 4) is 5.75 Å². The summed E-state index contributed by atoms with van der Waals surface area (Å²) in [4.78, 5) is 36.6. The first-order chi connectivity index (χ1) is 12.8. The Morgan fingerprint density at radius 1 is 1.11 bits per heavy atom. The highest BCUT2D eigenvalue weighted by molar-refractivity contribution is 7.14. The summed E-state index contributed by atoms with van der Waals surface area (Å²) < 4.78 is 10.6. The zero-order chi connectivity index (χ0) is 20.0. The van der Waals surface area contributed by atoms with Gasteiger partial charge in [0.15, 0.2) is 12.7 Å². The zero-order valence-electron chi connectivity index (χ0n) is 15.8. The number of rotatable bonds is 8. The van der Waals surface area contributed by atoms with Crippen LogP contribution >= 0.6 is 11.3 Å². The van der Waals surface area contributed by atoms with E-state index >= 15 is 0 Å². The molecule has 144 valence electrons. The molecule has 1 N–H and O–H groups in total. The topological polar surface area (TPSA) is 81.7 Å². The average molecular weight is 389 g/mol. The molecule has 0 aliphatic carbocycles. The van der Waals surface area contributed by atoms with Gasteiger partial charge in [0.2, 0.25) is 11.7 Å². The van der Waals surface area contributed by atoms with Crippen LogP contribution in [0.3, 0.4) is 0 Å². The number of benzene rings is 1. The fraction of sp³-hybridized carbons (Fsp3) is 0.350. The maximum atomic E-state index is 12.4. The molecule has 0 aliphatic rings. The third-order valence-electron chi connectivity index (χ3n) is 3.93. The molecule has 1 aromatic carbocycles. The van der Waals surface area contributed by atoms with Gasteiger partial charge in [-0.3, -0.25) is 9.59 Å². The van der Waals surface area contributed by atoms with Gasteiger partial charge in [0.1, 0.15) is 5.75 Å². The number of esters is 1. The van der Waals surface area contributed by atoms with Gasteiger partial charge in [-0.1, -0.05) is 6.07 Å². The van der Waals surface area contributed by atoms with Crippen LogP contribution in [0, 0.1) is 13.8 Å². The molecule has 2 aromatic rings.